The van der Waals surface area contributed by atoms with E-state index in [1.54, 1.807) is 36.4 Å². The van der Waals surface area contributed by atoms with Crippen LogP contribution in [-0.2, 0) is 4.79 Å². The van der Waals surface area contributed by atoms with E-state index in [4.69, 9.17) is 4.74 Å². The van der Waals surface area contributed by atoms with Crippen LogP contribution in [0.5, 0.6) is 5.75 Å². The Morgan fingerprint density at radius 1 is 0.679 bits per heavy atom. The molecule has 0 bridgehead atoms. The number of unbranched alkanes of at least 4 members (excludes halogenated alkanes) is 8. The van der Waals surface area contributed by atoms with Crippen molar-refractivity contribution in [3.05, 3.63) is 65.7 Å². The van der Waals surface area contributed by atoms with Gasteiger partial charge in [0.1, 0.15) is 5.75 Å². The Labute approximate surface area is 169 Å². The zero-order chi connectivity index (χ0) is 20.0. The highest BCUT2D eigenvalue weighted by atomic mass is 16.5. The summed E-state index contributed by atoms with van der Waals surface area (Å²) in [5.41, 5.74) is 1.24. The van der Waals surface area contributed by atoms with E-state index in [2.05, 4.69) is 6.92 Å². The summed E-state index contributed by atoms with van der Waals surface area (Å²) >= 11 is 0. The van der Waals surface area contributed by atoms with E-state index < -0.39 is 0 Å². The van der Waals surface area contributed by atoms with Gasteiger partial charge in [0.2, 0.25) is 0 Å². The van der Waals surface area contributed by atoms with Gasteiger partial charge >= 0.3 is 5.97 Å². The molecule has 150 valence electrons. The Morgan fingerprint density at radius 2 is 1.21 bits per heavy atom. The van der Waals surface area contributed by atoms with E-state index in [1.807, 2.05) is 18.2 Å². The third-order valence-electron chi connectivity index (χ3n) is 4.87. The maximum absolute atomic E-state index is 12.4. The van der Waals surface area contributed by atoms with Crippen LogP contribution in [0.2, 0.25) is 0 Å². The molecule has 0 saturated carbocycles. The standard InChI is InChI=1S/C25H32O3/c1-2-3-4-5-6-7-8-9-13-16-24(26)28-23-19-17-22(18-20-23)25(27)21-14-11-10-12-15-21/h10-12,14-15,17-20H,2-9,13,16H2,1H3. The summed E-state index contributed by atoms with van der Waals surface area (Å²) in [7, 11) is 0. The fourth-order valence-corrected chi connectivity index (χ4v) is 3.19. The molecule has 0 unspecified atom stereocenters. The van der Waals surface area contributed by atoms with Gasteiger partial charge in [-0.05, 0) is 30.7 Å². The van der Waals surface area contributed by atoms with Gasteiger partial charge in [0.25, 0.3) is 0 Å². The lowest BCUT2D eigenvalue weighted by Crippen LogP contribution is -2.08. The fraction of sp³-hybridized carbons (Fsp3) is 0.440. The van der Waals surface area contributed by atoms with Crippen molar-refractivity contribution in [2.24, 2.45) is 0 Å². The molecule has 0 radical (unpaired) electrons. The number of esters is 1. The lowest BCUT2D eigenvalue weighted by Gasteiger charge is -2.06. The monoisotopic (exact) mass is 380 g/mol. The van der Waals surface area contributed by atoms with Crippen LogP contribution in [0.3, 0.4) is 0 Å². The zero-order valence-electron chi connectivity index (χ0n) is 17.0. The van der Waals surface area contributed by atoms with Crippen LogP contribution in [0.25, 0.3) is 0 Å². The topological polar surface area (TPSA) is 43.4 Å². The number of carbonyl (C=O) groups is 2. The van der Waals surface area contributed by atoms with Gasteiger partial charge in [0.05, 0.1) is 0 Å². The molecule has 3 nitrogen and oxygen atoms in total. The van der Waals surface area contributed by atoms with Crippen molar-refractivity contribution in [2.45, 2.75) is 71.1 Å². The smallest absolute Gasteiger partial charge is 0.311 e. The van der Waals surface area contributed by atoms with E-state index >= 15 is 0 Å². The maximum atomic E-state index is 12.4. The van der Waals surface area contributed by atoms with Crippen LogP contribution in [-0.4, -0.2) is 11.8 Å². The number of benzene rings is 2. The van der Waals surface area contributed by atoms with Crippen molar-refractivity contribution < 1.29 is 14.3 Å². The second-order valence-corrected chi connectivity index (χ2v) is 7.27. The minimum atomic E-state index is -0.204. The van der Waals surface area contributed by atoms with Gasteiger partial charge in [-0.3, -0.25) is 9.59 Å². The van der Waals surface area contributed by atoms with Crippen molar-refractivity contribution in [1.82, 2.24) is 0 Å². The lowest BCUT2D eigenvalue weighted by atomic mass is 10.0. The molecule has 0 aliphatic heterocycles. The van der Waals surface area contributed by atoms with Crippen LogP contribution in [0.4, 0.5) is 0 Å². The van der Waals surface area contributed by atoms with Crippen molar-refractivity contribution in [3.8, 4) is 5.75 Å². The molecule has 0 N–H and O–H groups in total. The number of ketones is 1. The van der Waals surface area contributed by atoms with E-state index in [0.29, 0.717) is 23.3 Å². The SMILES string of the molecule is CCCCCCCCCCCC(=O)Oc1ccc(C(=O)c2ccccc2)cc1. The summed E-state index contributed by atoms with van der Waals surface area (Å²) in [4.78, 5) is 24.3. The highest BCUT2D eigenvalue weighted by molar-refractivity contribution is 6.09. The molecular formula is C25H32O3. The average Bonchev–Trinajstić information content (AvgIpc) is 2.73. The van der Waals surface area contributed by atoms with Crippen molar-refractivity contribution in [1.29, 1.82) is 0 Å². The molecule has 2 aromatic carbocycles. The number of hydrogen-bond donors (Lipinski definition) is 0. The van der Waals surface area contributed by atoms with Gasteiger partial charge in [-0.15, -0.1) is 0 Å². The summed E-state index contributed by atoms with van der Waals surface area (Å²) in [6, 6.07) is 15.9. The molecular weight excluding hydrogens is 348 g/mol. The van der Waals surface area contributed by atoms with Gasteiger partial charge in [-0.2, -0.15) is 0 Å². The molecule has 3 heteroatoms. The van der Waals surface area contributed by atoms with Gasteiger partial charge in [0.15, 0.2) is 5.78 Å². The highest BCUT2D eigenvalue weighted by Gasteiger charge is 2.10. The lowest BCUT2D eigenvalue weighted by molar-refractivity contribution is -0.134. The first-order valence-corrected chi connectivity index (χ1v) is 10.6. The molecule has 0 fully saturated rings. The number of hydrogen-bond acceptors (Lipinski definition) is 3. The molecule has 0 spiro atoms. The molecule has 28 heavy (non-hydrogen) atoms. The van der Waals surface area contributed by atoms with Crippen molar-refractivity contribution >= 4 is 11.8 Å². The number of rotatable bonds is 13. The van der Waals surface area contributed by atoms with E-state index in [9.17, 15) is 9.59 Å². The van der Waals surface area contributed by atoms with E-state index in [0.717, 1.165) is 12.8 Å². The van der Waals surface area contributed by atoms with Crippen LogP contribution in [0.15, 0.2) is 54.6 Å². The molecule has 0 amide bonds. The largest absolute Gasteiger partial charge is 0.427 e. The predicted molar refractivity (Wildman–Crippen MR) is 114 cm³/mol. The van der Waals surface area contributed by atoms with Crippen LogP contribution < -0.4 is 4.74 Å². The second-order valence-electron chi connectivity index (χ2n) is 7.27. The Hall–Kier alpha value is -2.42. The third kappa shape index (κ3) is 8.08. The van der Waals surface area contributed by atoms with E-state index in [-0.39, 0.29) is 11.8 Å². The third-order valence-corrected chi connectivity index (χ3v) is 4.87. The van der Waals surface area contributed by atoms with Crippen molar-refractivity contribution in [2.75, 3.05) is 0 Å². The molecule has 0 aliphatic rings. The minimum Gasteiger partial charge on any atom is -0.427 e. The van der Waals surface area contributed by atoms with Crippen LogP contribution in [0, 0.1) is 0 Å². The Bertz CT molecular complexity index is 704. The van der Waals surface area contributed by atoms with Crippen LogP contribution in [0.1, 0.15) is 87.1 Å². The van der Waals surface area contributed by atoms with E-state index in [1.165, 1.54) is 44.9 Å². The Kier molecular flexibility index (Phi) is 10.1. The molecule has 0 aliphatic carbocycles. The maximum Gasteiger partial charge on any atom is 0.311 e. The minimum absolute atomic E-state index is 0.0341. The summed E-state index contributed by atoms with van der Waals surface area (Å²) in [5.74, 6) is 0.254. The molecule has 2 rings (SSSR count). The quantitative estimate of drug-likeness (QED) is 0.167. The fourth-order valence-electron chi connectivity index (χ4n) is 3.19. The van der Waals surface area contributed by atoms with Crippen LogP contribution >= 0.6 is 0 Å². The molecule has 0 atom stereocenters. The molecule has 0 heterocycles. The Morgan fingerprint density at radius 3 is 1.82 bits per heavy atom. The van der Waals surface area contributed by atoms with Gasteiger partial charge in [-0.1, -0.05) is 88.6 Å². The molecule has 0 aromatic heterocycles. The number of ether oxygens (including phenoxy) is 1. The van der Waals surface area contributed by atoms with Gasteiger partial charge in [-0.25, -0.2) is 0 Å². The summed E-state index contributed by atoms with van der Waals surface area (Å²) in [6.07, 6.45) is 11.5. The molecule has 0 saturated heterocycles. The second kappa shape index (κ2) is 12.9. The summed E-state index contributed by atoms with van der Waals surface area (Å²) in [6.45, 7) is 2.23. The molecule has 2 aromatic rings. The summed E-state index contributed by atoms with van der Waals surface area (Å²) < 4.78 is 5.38. The van der Waals surface area contributed by atoms with Gasteiger partial charge < -0.3 is 4.74 Å². The van der Waals surface area contributed by atoms with Gasteiger partial charge in [0, 0.05) is 17.5 Å². The first kappa shape index (κ1) is 21.9. The zero-order valence-corrected chi connectivity index (χ0v) is 17.0. The Balaban J connectivity index is 1.64. The normalized spacial score (nSPS) is 10.6. The summed E-state index contributed by atoms with van der Waals surface area (Å²) in [5, 5.41) is 0. The van der Waals surface area contributed by atoms with Crippen molar-refractivity contribution in [3.63, 3.8) is 0 Å². The first-order chi connectivity index (χ1) is 13.7. The number of carbonyl (C=O) groups excluding carboxylic acids is 2. The average molecular weight is 381 g/mol. The predicted octanol–water partition coefficient (Wildman–Crippen LogP) is 6.74. The first-order valence-electron chi connectivity index (χ1n) is 10.6. The highest BCUT2D eigenvalue weighted by Crippen LogP contribution is 2.17.